The van der Waals surface area contributed by atoms with E-state index in [1.54, 1.807) is 47.6 Å². The Bertz CT molecular complexity index is 812. The summed E-state index contributed by atoms with van der Waals surface area (Å²) in [6.07, 6.45) is 6.76. The Balaban J connectivity index is 1.83. The van der Waals surface area contributed by atoms with Crippen molar-refractivity contribution in [2.45, 2.75) is 6.42 Å². The van der Waals surface area contributed by atoms with Gasteiger partial charge in [-0.05, 0) is 29.8 Å². The Morgan fingerprint density at radius 2 is 2.12 bits per heavy atom. The summed E-state index contributed by atoms with van der Waals surface area (Å²) in [6.45, 7) is 1.28. The number of ether oxygens (including phenoxy) is 2. The van der Waals surface area contributed by atoms with Crippen molar-refractivity contribution in [1.82, 2.24) is 4.98 Å². The zero-order valence-electron chi connectivity index (χ0n) is 13.6. The standard InChI is InChI=1S/C19H17N3O3/c20-8-2-10-22(19(23)7-4-15-3-1-9-21-14-15)16-5-6-17-18(13-16)25-12-11-24-17/h1,3-7,9,13-14H,2,10-12H2/b7-4+. The second-order valence-corrected chi connectivity index (χ2v) is 5.35. The molecule has 0 fully saturated rings. The summed E-state index contributed by atoms with van der Waals surface area (Å²) in [5.74, 6) is 1.05. The summed E-state index contributed by atoms with van der Waals surface area (Å²) in [5.41, 5.74) is 1.50. The molecule has 2 aromatic rings. The van der Waals surface area contributed by atoms with E-state index < -0.39 is 0 Å². The predicted octanol–water partition coefficient (Wildman–Crippen LogP) is 2.81. The van der Waals surface area contributed by atoms with Gasteiger partial charge in [-0.2, -0.15) is 5.26 Å². The minimum atomic E-state index is -0.212. The van der Waals surface area contributed by atoms with Gasteiger partial charge < -0.3 is 14.4 Å². The normalized spacial score (nSPS) is 12.6. The monoisotopic (exact) mass is 335 g/mol. The number of pyridine rings is 1. The molecule has 1 aliphatic heterocycles. The van der Waals surface area contributed by atoms with Crippen molar-refractivity contribution < 1.29 is 14.3 Å². The summed E-state index contributed by atoms with van der Waals surface area (Å²) in [7, 11) is 0. The molecule has 126 valence electrons. The molecule has 1 aliphatic rings. The fraction of sp³-hybridized carbons (Fsp3) is 0.211. The van der Waals surface area contributed by atoms with Crippen LogP contribution in [0.3, 0.4) is 0 Å². The van der Waals surface area contributed by atoms with Crippen LogP contribution in [0, 0.1) is 11.3 Å². The molecular formula is C19H17N3O3. The number of aromatic nitrogens is 1. The Hall–Kier alpha value is -3.33. The molecule has 0 spiro atoms. The van der Waals surface area contributed by atoms with E-state index >= 15 is 0 Å². The zero-order chi connectivity index (χ0) is 17.5. The summed E-state index contributed by atoms with van der Waals surface area (Å²) in [5, 5.41) is 8.88. The average Bonchev–Trinajstić information content (AvgIpc) is 2.67. The minimum Gasteiger partial charge on any atom is -0.486 e. The number of fused-ring (bicyclic) bond motifs is 1. The number of rotatable bonds is 5. The van der Waals surface area contributed by atoms with E-state index in [4.69, 9.17) is 14.7 Å². The fourth-order valence-electron chi connectivity index (χ4n) is 2.46. The van der Waals surface area contributed by atoms with Crippen LogP contribution in [0.4, 0.5) is 5.69 Å². The highest BCUT2D eigenvalue weighted by Crippen LogP contribution is 2.34. The van der Waals surface area contributed by atoms with Crippen molar-refractivity contribution in [3.8, 4) is 17.6 Å². The topological polar surface area (TPSA) is 75.5 Å². The number of amides is 1. The zero-order valence-corrected chi connectivity index (χ0v) is 13.6. The molecular weight excluding hydrogens is 318 g/mol. The number of carbonyl (C=O) groups excluding carboxylic acids is 1. The lowest BCUT2D eigenvalue weighted by atomic mass is 10.2. The second-order valence-electron chi connectivity index (χ2n) is 5.35. The maximum atomic E-state index is 12.6. The summed E-state index contributed by atoms with van der Waals surface area (Å²) < 4.78 is 11.1. The van der Waals surface area contributed by atoms with Gasteiger partial charge in [0, 0.05) is 36.8 Å². The Kier molecular flexibility index (Phi) is 5.27. The first-order chi connectivity index (χ1) is 12.3. The molecule has 6 heteroatoms. The summed E-state index contributed by atoms with van der Waals surface area (Å²) >= 11 is 0. The highest BCUT2D eigenvalue weighted by Gasteiger charge is 2.18. The molecule has 1 aromatic carbocycles. The van der Waals surface area contributed by atoms with Crippen molar-refractivity contribution in [2.24, 2.45) is 0 Å². The number of carbonyl (C=O) groups is 1. The number of benzene rings is 1. The molecule has 1 aromatic heterocycles. The number of nitriles is 1. The first kappa shape index (κ1) is 16.5. The summed E-state index contributed by atoms with van der Waals surface area (Å²) in [6, 6.07) is 11.1. The van der Waals surface area contributed by atoms with E-state index in [1.165, 1.54) is 6.08 Å². The largest absolute Gasteiger partial charge is 0.486 e. The molecule has 2 heterocycles. The molecule has 6 nitrogen and oxygen atoms in total. The first-order valence-corrected chi connectivity index (χ1v) is 7.94. The number of hydrogen-bond acceptors (Lipinski definition) is 5. The van der Waals surface area contributed by atoms with Crippen LogP contribution in [0.25, 0.3) is 6.08 Å². The highest BCUT2D eigenvalue weighted by atomic mass is 16.6. The van der Waals surface area contributed by atoms with Gasteiger partial charge in [-0.3, -0.25) is 9.78 Å². The molecule has 0 aliphatic carbocycles. The van der Waals surface area contributed by atoms with Gasteiger partial charge in [0.15, 0.2) is 11.5 Å². The van der Waals surface area contributed by atoms with E-state index in [1.807, 2.05) is 6.07 Å². The molecule has 0 bridgehead atoms. The quantitative estimate of drug-likeness (QED) is 0.785. The third-order valence-electron chi connectivity index (χ3n) is 3.65. The van der Waals surface area contributed by atoms with E-state index in [0.717, 1.165) is 5.56 Å². The van der Waals surface area contributed by atoms with E-state index in [2.05, 4.69) is 11.1 Å². The van der Waals surface area contributed by atoms with Gasteiger partial charge in [0.2, 0.25) is 0 Å². The lowest BCUT2D eigenvalue weighted by Crippen LogP contribution is -2.30. The molecule has 1 amide bonds. The van der Waals surface area contributed by atoms with Gasteiger partial charge in [-0.15, -0.1) is 0 Å². The third kappa shape index (κ3) is 4.15. The number of hydrogen-bond donors (Lipinski definition) is 0. The van der Waals surface area contributed by atoms with Crippen LogP contribution in [-0.2, 0) is 4.79 Å². The second kappa shape index (κ2) is 7.97. The number of nitrogens with zero attached hydrogens (tertiary/aromatic N) is 3. The van der Waals surface area contributed by atoms with Gasteiger partial charge in [-0.1, -0.05) is 6.07 Å². The molecule has 0 radical (unpaired) electrons. The maximum absolute atomic E-state index is 12.6. The fourth-order valence-corrected chi connectivity index (χ4v) is 2.46. The molecule has 3 rings (SSSR count). The van der Waals surface area contributed by atoms with Crippen LogP contribution >= 0.6 is 0 Å². The Morgan fingerprint density at radius 1 is 1.28 bits per heavy atom. The highest BCUT2D eigenvalue weighted by molar-refractivity contribution is 6.04. The van der Waals surface area contributed by atoms with Crippen LogP contribution in [0.1, 0.15) is 12.0 Å². The van der Waals surface area contributed by atoms with Gasteiger partial charge in [-0.25, -0.2) is 0 Å². The van der Waals surface area contributed by atoms with E-state index in [0.29, 0.717) is 36.9 Å². The molecule has 0 saturated heterocycles. The van der Waals surface area contributed by atoms with Crippen LogP contribution < -0.4 is 14.4 Å². The van der Waals surface area contributed by atoms with Gasteiger partial charge >= 0.3 is 0 Å². The van der Waals surface area contributed by atoms with Crippen LogP contribution in [0.15, 0.2) is 48.8 Å². The minimum absolute atomic E-state index is 0.212. The maximum Gasteiger partial charge on any atom is 0.251 e. The smallest absolute Gasteiger partial charge is 0.251 e. The van der Waals surface area contributed by atoms with Crippen LogP contribution in [-0.4, -0.2) is 30.6 Å². The average molecular weight is 335 g/mol. The van der Waals surface area contributed by atoms with Gasteiger partial charge in [0.1, 0.15) is 13.2 Å². The Labute approximate surface area is 145 Å². The van der Waals surface area contributed by atoms with Gasteiger partial charge in [0.05, 0.1) is 12.5 Å². The third-order valence-corrected chi connectivity index (χ3v) is 3.65. The lowest BCUT2D eigenvalue weighted by Gasteiger charge is -2.24. The van der Waals surface area contributed by atoms with Crippen LogP contribution in [0.2, 0.25) is 0 Å². The van der Waals surface area contributed by atoms with E-state index in [9.17, 15) is 4.79 Å². The van der Waals surface area contributed by atoms with Gasteiger partial charge in [0.25, 0.3) is 5.91 Å². The van der Waals surface area contributed by atoms with Crippen molar-refractivity contribution >= 4 is 17.7 Å². The van der Waals surface area contributed by atoms with Crippen molar-refractivity contribution in [2.75, 3.05) is 24.7 Å². The molecule has 0 unspecified atom stereocenters. The van der Waals surface area contributed by atoms with Crippen LogP contribution in [0.5, 0.6) is 11.5 Å². The lowest BCUT2D eigenvalue weighted by molar-refractivity contribution is -0.114. The first-order valence-electron chi connectivity index (χ1n) is 7.94. The number of anilines is 1. The molecule has 0 atom stereocenters. The molecule has 0 N–H and O–H groups in total. The van der Waals surface area contributed by atoms with Crippen molar-refractivity contribution in [3.63, 3.8) is 0 Å². The predicted molar refractivity (Wildman–Crippen MR) is 93.3 cm³/mol. The van der Waals surface area contributed by atoms with Crippen molar-refractivity contribution in [1.29, 1.82) is 5.26 Å². The van der Waals surface area contributed by atoms with E-state index in [-0.39, 0.29) is 12.3 Å². The molecule has 0 saturated carbocycles. The Morgan fingerprint density at radius 3 is 2.88 bits per heavy atom. The van der Waals surface area contributed by atoms with Crippen molar-refractivity contribution in [3.05, 3.63) is 54.4 Å². The summed E-state index contributed by atoms with van der Waals surface area (Å²) in [4.78, 5) is 18.2. The molecule has 25 heavy (non-hydrogen) atoms. The SMILES string of the molecule is N#CCCN(C(=O)/C=C/c1cccnc1)c1ccc2c(c1)OCCO2.